The van der Waals surface area contributed by atoms with Gasteiger partial charge < -0.3 is 4.90 Å². The first-order valence-electron chi connectivity index (χ1n) is 5.37. The molecule has 1 saturated heterocycles. The van der Waals surface area contributed by atoms with Crippen molar-refractivity contribution in [3.63, 3.8) is 0 Å². The topological polar surface area (TPSA) is 80.5 Å². The molecule has 0 aromatic heterocycles. The van der Waals surface area contributed by atoms with E-state index in [4.69, 9.17) is 5.14 Å². The van der Waals surface area contributed by atoms with Crippen LogP contribution >= 0.6 is 0 Å². The highest BCUT2D eigenvalue weighted by molar-refractivity contribution is 7.89. The molecule has 1 heterocycles. The second-order valence-corrected chi connectivity index (χ2v) is 6.20. The van der Waals surface area contributed by atoms with Crippen molar-refractivity contribution < 1.29 is 17.6 Å². The summed E-state index contributed by atoms with van der Waals surface area (Å²) in [6.07, 6.45) is -0.129. The summed E-state index contributed by atoms with van der Waals surface area (Å²) >= 11 is 0. The predicted octanol–water partition coefficient (Wildman–Crippen LogP) is 0.528. The van der Waals surface area contributed by atoms with Crippen LogP contribution in [0.25, 0.3) is 0 Å². The Balaban J connectivity index is 2.33. The number of nitrogens with zero attached hydrogens (tertiary/aromatic N) is 1. The monoisotopic (exact) mass is 272 g/mol. The number of carbonyl (C=O) groups is 1. The van der Waals surface area contributed by atoms with E-state index >= 15 is 0 Å². The Bertz CT molecular complexity index is 600. The van der Waals surface area contributed by atoms with Gasteiger partial charge in [0.1, 0.15) is 11.1 Å². The van der Waals surface area contributed by atoms with Gasteiger partial charge in [-0.3, -0.25) is 4.79 Å². The highest BCUT2D eigenvalue weighted by Crippen LogP contribution is 2.27. The number of rotatable bonds is 2. The molecule has 1 unspecified atom stereocenters. The predicted molar refractivity (Wildman–Crippen MR) is 65.0 cm³/mol. The van der Waals surface area contributed by atoms with E-state index in [1.807, 2.05) is 0 Å². The number of aryl methyl sites for hydroxylation is 1. The van der Waals surface area contributed by atoms with Crippen molar-refractivity contribution in [2.45, 2.75) is 18.6 Å². The van der Waals surface area contributed by atoms with Crippen LogP contribution in [0, 0.1) is 12.7 Å². The fourth-order valence-electron chi connectivity index (χ4n) is 2.05. The van der Waals surface area contributed by atoms with Gasteiger partial charge in [0, 0.05) is 18.7 Å². The number of carbonyl (C=O) groups excluding carboxylic acids is 1. The second kappa shape index (κ2) is 4.33. The standard InChI is InChI=1S/C11H13FN2O3S/c1-7-4-8(12)2-3-10(7)14-6-9(5-11(14)15)18(13,16)17/h2-4,9H,5-6H2,1H3,(H2,13,16,17). The minimum absolute atomic E-state index is 0.0180. The van der Waals surface area contributed by atoms with Crippen LogP contribution in [0.3, 0.4) is 0 Å². The lowest BCUT2D eigenvalue weighted by Crippen LogP contribution is -2.32. The zero-order valence-electron chi connectivity index (χ0n) is 9.76. The number of halogens is 1. The smallest absolute Gasteiger partial charge is 0.228 e. The fourth-order valence-corrected chi connectivity index (χ4v) is 2.78. The molecule has 1 aromatic rings. The first-order chi connectivity index (χ1) is 8.29. The van der Waals surface area contributed by atoms with E-state index in [-0.39, 0.29) is 18.9 Å². The molecule has 1 aliphatic rings. The maximum atomic E-state index is 13.0. The number of primary sulfonamides is 1. The molecular formula is C11H13FN2O3S. The third-order valence-electron chi connectivity index (χ3n) is 3.00. The van der Waals surface area contributed by atoms with E-state index in [1.54, 1.807) is 6.92 Å². The van der Waals surface area contributed by atoms with Crippen LogP contribution in [0.4, 0.5) is 10.1 Å². The van der Waals surface area contributed by atoms with Gasteiger partial charge in [0.05, 0.1) is 0 Å². The Hall–Kier alpha value is -1.47. The summed E-state index contributed by atoms with van der Waals surface area (Å²) in [5.41, 5.74) is 1.10. The number of sulfonamides is 1. The molecule has 0 aliphatic carbocycles. The normalized spacial score (nSPS) is 20.5. The molecule has 0 saturated carbocycles. The fraction of sp³-hybridized carbons (Fsp3) is 0.364. The number of anilines is 1. The van der Waals surface area contributed by atoms with Gasteiger partial charge in [-0.1, -0.05) is 0 Å². The summed E-state index contributed by atoms with van der Waals surface area (Å²) in [4.78, 5) is 13.1. The summed E-state index contributed by atoms with van der Waals surface area (Å²) < 4.78 is 35.4. The molecule has 0 bridgehead atoms. The minimum atomic E-state index is -3.73. The molecule has 1 aromatic carbocycles. The number of hydrogen-bond acceptors (Lipinski definition) is 3. The molecule has 0 spiro atoms. The van der Waals surface area contributed by atoms with Gasteiger partial charge in [0.15, 0.2) is 0 Å². The lowest BCUT2D eigenvalue weighted by molar-refractivity contribution is -0.117. The molecule has 0 radical (unpaired) electrons. The van der Waals surface area contributed by atoms with Crippen LogP contribution < -0.4 is 10.0 Å². The lowest BCUT2D eigenvalue weighted by Gasteiger charge is -2.18. The van der Waals surface area contributed by atoms with Gasteiger partial charge in [-0.15, -0.1) is 0 Å². The molecule has 7 heteroatoms. The lowest BCUT2D eigenvalue weighted by atomic mass is 10.2. The van der Waals surface area contributed by atoms with Crippen LogP contribution in [0.2, 0.25) is 0 Å². The highest BCUT2D eigenvalue weighted by Gasteiger charge is 2.37. The van der Waals surface area contributed by atoms with Crippen molar-refractivity contribution >= 4 is 21.6 Å². The van der Waals surface area contributed by atoms with Crippen molar-refractivity contribution in [1.29, 1.82) is 0 Å². The summed E-state index contributed by atoms with van der Waals surface area (Å²) in [6, 6.07) is 4.00. The molecular weight excluding hydrogens is 259 g/mol. The first-order valence-corrected chi connectivity index (χ1v) is 6.98. The van der Waals surface area contributed by atoms with Crippen LogP contribution in [0.5, 0.6) is 0 Å². The van der Waals surface area contributed by atoms with Gasteiger partial charge >= 0.3 is 0 Å². The van der Waals surface area contributed by atoms with Gasteiger partial charge in [-0.2, -0.15) is 0 Å². The third-order valence-corrected chi connectivity index (χ3v) is 4.25. The summed E-state index contributed by atoms with van der Waals surface area (Å²) in [5, 5.41) is 4.14. The van der Waals surface area contributed by atoms with E-state index in [2.05, 4.69) is 0 Å². The summed E-state index contributed by atoms with van der Waals surface area (Å²) in [6.45, 7) is 1.68. The van der Waals surface area contributed by atoms with Gasteiger partial charge in [-0.05, 0) is 30.7 Å². The van der Waals surface area contributed by atoms with Crippen molar-refractivity contribution in [3.05, 3.63) is 29.6 Å². The van der Waals surface area contributed by atoms with E-state index in [1.165, 1.54) is 23.1 Å². The largest absolute Gasteiger partial charge is 0.311 e. The zero-order valence-corrected chi connectivity index (χ0v) is 10.6. The second-order valence-electron chi connectivity index (χ2n) is 4.35. The minimum Gasteiger partial charge on any atom is -0.311 e. The number of amides is 1. The van der Waals surface area contributed by atoms with Crippen molar-refractivity contribution in [1.82, 2.24) is 0 Å². The van der Waals surface area contributed by atoms with E-state index in [0.717, 1.165) is 0 Å². The molecule has 5 nitrogen and oxygen atoms in total. The van der Waals surface area contributed by atoms with Gasteiger partial charge in [0.2, 0.25) is 15.9 Å². The average molecular weight is 272 g/mol. The third kappa shape index (κ3) is 2.37. The van der Waals surface area contributed by atoms with Crippen LogP contribution in [-0.2, 0) is 14.8 Å². The Morgan fingerprint density at radius 2 is 2.11 bits per heavy atom. The van der Waals surface area contributed by atoms with Crippen LogP contribution in [0.1, 0.15) is 12.0 Å². The first kappa shape index (κ1) is 13.0. The molecule has 1 aliphatic heterocycles. The molecule has 2 N–H and O–H groups in total. The molecule has 1 fully saturated rings. The molecule has 18 heavy (non-hydrogen) atoms. The maximum Gasteiger partial charge on any atom is 0.228 e. The molecule has 98 valence electrons. The SMILES string of the molecule is Cc1cc(F)ccc1N1CC(S(N)(=O)=O)CC1=O. The van der Waals surface area contributed by atoms with Crippen molar-refractivity contribution in [2.75, 3.05) is 11.4 Å². The number of nitrogens with two attached hydrogens (primary N) is 1. The zero-order chi connectivity index (χ0) is 13.5. The van der Waals surface area contributed by atoms with Crippen molar-refractivity contribution in [3.8, 4) is 0 Å². The number of benzene rings is 1. The average Bonchev–Trinajstić information content (AvgIpc) is 2.60. The quantitative estimate of drug-likeness (QED) is 0.852. The Labute approximate surface area is 104 Å². The number of hydrogen-bond donors (Lipinski definition) is 1. The van der Waals surface area contributed by atoms with E-state index < -0.39 is 21.1 Å². The summed E-state index contributed by atoms with van der Waals surface area (Å²) in [5.74, 6) is -0.713. The maximum absolute atomic E-state index is 13.0. The Kier molecular flexibility index (Phi) is 3.12. The van der Waals surface area contributed by atoms with Crippen LogP contribution in [0.15, 0.2) is 18.2 Å². The summed E-state index contributed by atoms with van der Waals surface area (Å²) in [7, 11) is -3.73. The van der Waals surface area contributed by atoms with E-state index in [9.17, 15) is 17.6 Å². The van der Waals surface area contributed by atoms with Gasteiger partial charge in [0.25, 0.3) is 0 Å². The molecule has 2 rings (SSSR count). The Morgan fingerprint density at radius 1 is 1.44 bits per heavy atom. The Morgan fingerprint density at radius 3 is 2.61 bits per heavy atom. The molecule has 1 amide bonds. The van der Waals surface area contributed by atoms with Crippen LogP contribution in [-0.4, -0.2) is 26.1 Å². The molecule has 1 atom stereocenters. The highest BCUT2D eigenvalue weighted by atomic mass is 32.2. The van der Waals surface area contributed by atoms with E-state index in [0.29, 0.717) is 11.3 Å². The van der Waals surface area contributed by atoms with Crippen molar-refractivity contribution in [2.24, 2.45) is 5.14 Å². The van der Waals surface area contributed by atoms with Gasteiger partial charge in [-0.25, -0.2) is 17.9 Å².